The average molecular weight is 297 g/mol. The number of amides is 2. The SMILES string of the molecule is CC(=O)NC(=O)/C(C#N)=C/Nc1cccc(C(F)(F)F)c1. The van der Waals surface area contributed by atoms with Gasteiger partial charge in [0, 0.05) is 18.8 Å². The smallest absolute Gasteiger partial charge is 0.360 e. The zero-order chi connectivity index (χ0) is 16.0. The van der Waals surface area contributed by atoms with Crippen molar-refractivity contribution in [2.45, 2.75) is 13.1 Å². The van der Waals surface area contributed by atoms with E-state index in [4.69, 9.17) is 5.26 Å². The van der Waals surface area contributed by atoms with Gasteiger partial charge in [0.1, 0.15) is 11.6 Å². The lowest BCUT2D eigenvalue weighted by atomic mass is 10.2. The molecule has 0 saturated heterocycles. The molecule has 0 aliphatic carbocycles. The molecule has 1 aromatic rings. The molecule has 0 atom stereocenters. The highest BCUT2D eigenvalue weighted by Gasteiger charge is 2.30. The van der Waals surface area contributed by atoms with Crippen molar-refractivity contribution in [1.29, 1.82) is 5.26 Å². The molecule has 5 nitrogen and oxygen atoms in total. The Morgan fingerprint density at radius 2 is 2.00 bits per heavy atom. The number of nitrogens with one attached hydrogen (secondary N) is 2. The predicted molar refractivity (Wildman–Crippen MR) is 67.6 cm³/mol. The Balaban J connectivity index is 2.90. The van der Waals surface area contributed by atoms with Crippen LogP contribution in [0.25, 0.3) is 0 Å². The van der Waals surface area contributed by atoms with E-state index in [1.165, 1.54) is 18.2 Å². The number of hydrogen-bond acceptors (Lipinski definition) is 4. The summed E-state index contributed by atoms with van der Waals surface area (Å²) in [5, 5.41) is 13.0. The van der Waals surface area contributed by atoms with Gasteiger partial charge in [0.2, 0.25) is 5.91 Å². The Morgan fingerprint density at radius 1 is 1.33 bits per heavy atom. The molecular formula is C13H10F3N3O2. The van der Waals surface area contributed by atoms with Crippen molar-refractivity contribution < 1.29 is 22.8 Å². The second-order valence-electron chi connectivity index (χ2n) is 3.90. The van der Waals surface area contributed by atoms with E-state index in [9.17, 15) is 22.8 Å². The minimum Gasteiger partial charge on any atom is -0.360 e. The Hall–Kier alpha value is -2.82. The van der Waals surface area contributed by atoms with E-state index in [2.05, 4.69) is 5.32 Å². The van der Waals surface area contributed by atoms with Crippen molar-refractivity contribution in [2.24, 2.45) is 0 Å². The van der Waals surface area contributed by atoms with Gasteiger partial charge < -0.3 is 5.32 Å². The summed E-state index contributed by atoms with van der Waals surface area (Å²) in [6.45, 7) is 1.09. The summed E-state index contributed by atoms with van der Waals surface area (Å²) in [5.41, 5.74) is -1.26. The van der Waals surface area contributed by atoms with Crippen LogP contribution < -0.4 is 10.6 Å². The molecule has 1 aromatic carbocycles. The lowest BCUT2D eigenvalue weighted by molar-refractivity contribution is -0.137. The monoisotopic (exact) mass is 297 g/mol. The van der Waals surface area contributed by atoms with Gasteiger partial charge in [0.25, 0.3) is 5.91 Å². The van der Waals surface area contributed by atoms with Crippen LogP contribution in [0.4, 0.5) is 18.9 Å². The van der Waals surface area contributed by atoms with Gasteiger partial charge in [-0.2, -0.15) is 18.4 Å². The van der Waals surface area contributed by atoms with Crippen LogP contribution in [0.1, 0.15) is 12.5 Å². The number of imide groups is 1. The van der Waals surface area contributed by atoms with Gasteiger partial charge in [0.05, 0.1) is 5.56 Å². The maximum absolute atomic E-state index is 12.5. The molecule has 0 saturated carbocycles. The number of nitrogens with zero attached hydrogens (tertiary/aromatic N) is 1. The first-order chi connectivity index (χ1) is 9.74. The summed E-state index contributed by atoms with van der Waals surface area (Å²) in [4.78, 5) is 22.1. The largest absolute Gasteiger partial charge is 0.416 e. The van der Waals surface area contributed by atoms with Crippen molar-refractivity contribution in [1.82, 2.24) is 5.32 Å². The molecule has 8 heteroatoms. The van der Waals surface area contributed by atoms with Crippen LogP contribution in [-0.4, -0.2) is 11.8 Å². The first-order valence-corrected chi connectivity index (χ1v) is 5.60. The van der Waals surface area contributed by atoms with Gasteiger partial charge in [-0.05, 0) is 18.2 Å². The summed E-state index contributed by atoms with van der Waals surface area (Å²) >= 11 is 0. The van der Waals surface area contributed by atoms with E-state index in [0.717, 1.165) is 25.3 Å². The highest BCUT2D eigenvalue weighted by atomic mass is 19.4. The van der Waals surface area contributed by atoms with Crippen LogP contribution >= 0.6 is 0 Å². The van der Waals surface area contributed by atoms with Gasteiger partial charge in [-0.25, -0.2) is 0 Å². The van der Waals surface area contributed by atoms with Gasteiger partial charge in [-0.15, -0.1) is 0 Å². The number of rotatable bonds is 3. The Bertz CT molecular complexity index is 630. The third-order valence-corrected chi connectivity index (χ3v) is 2.23. The van der Waals surface area contributed by atoms with Crippen molar-refractivity contribution in [3.63, 3.8) is 0 Å². The third-order valence-electron chi connectivity index (χ3n) is 2.23. The number of carbonyl (C=O) groups is 2. The highest BCUT2D eigenvalue weighted by Crippen LogP contribution is 2.30. The van der Waals surface area contributed by atoms with E-state index in [1.807, 2.05) is 5.32 Å². The van der Waals surface area contributed by atoms with E-state index < -0.39 is 29.1 Å². The first kappa shape index (κ1) is 16.2. The second-order valence-corrected chi connectivity index (χ2v) is 3.90. The molecule has 0 unspecified atom stereocenters. The number of halogens is 3. The minimum absolute atomic E-state index is 0.0493. The van der Waals surface area contributed by atoms with E-state index >= 15 is 0 Å². The van der Waals surface area contributed by atoms with Crippen molar-refractivity contribution in [2.75, 3.05) is 5.32 Å². The number of alkyl halides is 3. The lowest BCUT2D eigenvalue weighted by Gasteiger charge is -2.08. The molecule has 2 N–H and O–H groups in total. The summed E-state index contributed by atoms with van der Waals surface area (Å²) < 4.78 is 37.5. The van der Waals surface area contributed by atoms with Crippen LogP contribution in [0.15, 0.2) is 36.0 Å². The molecule has 0 spiro atoms. The maximum Gasteiger partial charge on any atom is 0.416 e. The van der Waals surface area contributed by atoms with Crippen molar-refractivity contribution in [3.8, 4) is 6.07 Å². The summed E-state index contributed by atoms with van der Waals surface area (Å²) in [5.74, 6) is -1.59. The van der Waals surface area contributed by atoms with Crippen molar-refractivity contribution in [3.05, 3.63) is 41.6 Å². The Morgan fingerprint density at radius 3 is 2.52 bits per heavy atom. The van der Waals surface area contributed by atoms with Crippen LogP contribution in [0.5, 0.6) is 0 Å². The Labute approximate surface area is 118 Å². The maximum atomic E-state index is 12.5. The molecule has 0 heterocycles. The van der Waals surface area contributed by atoms with Crippen LogP contribution in [0, 0.1) is 11.3 Å². The van der Waals surface area contributed by atoms with Gasteiger partial charge in [-0.1, -0.05) is 6.07 Å². The van der Waals surface area contributed by atoms with E-state index in [0.29, 0.717) is 0 Å². The van der Waals surface area contributed by atoms with E-state index in [-0.39, 0.29) is 5.69 Å². The fourth-order valence-corrected chi connectivity index (χ4v) is 1.32. The standard InChI is InChI=1S/C13H10F3N3O2/c1-8(20)19-12(21)9(6-17)7-18-11-4-2-3-10(5-11)13(14,15)16/h2-5,7,18H,1H3,(H,19,20,21)/b9-7+. The quantitative estimate of drug-likeness (QED) is 0.662. The van der Waals surface area contributed by atoms with Crippen LogP contribution in [0.3, 0.4) is 0 Å². The number of benzene rings is 1. The zero-order valence-corrected chi connectivity index (χ0v) is 10.8. The summed E-state index contributed by atoms with van der Waals surface area (Å²) in [7, 11) is 0. The first-order valence-electron chi connectivity index (χ1n) is 5.60. The number of hydrogen-bond donors (Lipinski definition) is 2. The van der Waals surface area contributed by atoms with Gasteiger partial charge in [0.15, 0.2) is 0 Å². The van der Waals surface area contributed by atoms with Gasteiger partial charge >= 0.3 is 6.18 Å². The number of carbonyl (C=O) groups excluding carboxylic acids is 2. The molecule has 21 heavy (non-hydrogen) atoms. The molecule has 0 bridgehead atoms. The second kappa shape index (κ2) is 6.56. The molecule has 2 amide bonds. The molecule has 0 aliphatic heterocycles. The highest BCUT2D eigenvalue weighted by molar-refractivity contribution is 6.06. The normalized spacial score (nSPS) is 11.5. The lowest BCUT2D eigenvalue weighted by Crippen LogP contribution is -2.29. The molecule has 110 valence electrons. The molecule has 1 rings (SSSR count). The predicted octanol–water partition coefficient (Wildman–Crippen LogP) is 2.19. The van der Waals surface area contributed by atoms with Crippen LogP contribution in [0.2, 0.25) is 0 Å². The Kier molecular flexibility index (Phi) is 5.07. The molecular weight excluding hydrogens is 287 g/mol. The zero-order valence-electron chi connectivity index (χ0n) is 10.8. The molecule has 0 radical (unpaired) electrons. The minimum atomic E-state index is -4.49. The molecule has 0 aromatic heterocycles. The topological polar surface area (TPSA) is 82.0 Å². The number of nitriles is 1. The van der Waals surface area contributed by atoms with Gasteiger partial charge in [-0.3, -0.25) is 14.9 Å². The molecule has 0 aliphatic rings. The van der Waals surface area contributed by atoms with E-state index in [1.54, 1.807) is 0 Å². The average Bonchev–Trinajstić information content (AvgIpc) is 2.38. The fourth-order valence-electron chi connectivity index (χ4n) is 1.32. The fraction of sp³-hybridized carbons (Fsp3) is 0.154. The van der Waals surface area contributed by atoms with Crippen LogP contribution in [-0.2, 0) is 15.8 Å². The summed E-state index contributed by atoms with van der Waals surface area (Å²) in [6, 6.07) is 5.77. The number of anilines is 1. The van der Waals surface area contributed by atoms with Crippen molar-refractivity contribution >= 4 is 17.5 Å². The molecule has 0 fully saturated rings. The summed E-state index contributed by atoms with van der Waals surface area (Å²) in [6.07, 6.45) is -3.57. The third kappa shape index (κ3) is 4.99.